The predicted octanol–water partition coefficient (Wildman–Crippen LogP) is 2.81. The number of halogens is 1. The molecule has 1 fully saturated rings. The van der Waals surface area contributed by atoms with Crippen molar-refractivity contribution >= 4 is 28.3 Å². The second kappa shape index (κ2) is 6.36. The molecule has 6 heteroatoms. The first-order valence-corrected chi connectivity index (χ1v) is 7.91. The highest BCUT2D eigenvalue weighted by Crippen LogP contribution is 2.24. The fourth-order valence-corrected chi connectivity index (χ4v) is 2.92. The van der Waals surface area contributed by atoms with Crippen molar-refractivity contribution in [3.63, 3.8) is 0 Å². The van der Waals surface area contributed by atoms with Gasteiger partial charge in [-0.25, -0.2) is 9.97 Å². The molecule has 1 aromatic heterocycles. The molecular weight excluding hydrogens is 300 g/mol. The van der Waals surface area contributed by atoms with Crippen molar-refractivity contribution in [2.24, 2.45) is 0 Å². The molecule has 1 aliphatic heterocycles. The molecular formula is C16H21ClN4O. The van der Waals surface area contributed by atoms with E-state index in [-0.39, 0.29) is 5.54 Å². The number of hydrogen-bond donors (Lipinski definition) is 1. The predicted molar refractivity (Wildman–Crippen MR) is 89.5 cm³/mol. The first kappa shape index (κ1) is 15.5. The van der Waals surface area contributed by atoms with Crippen LogP contribution < -0.4 is 5.32 Å². The van der Waals surface area contributed by atoms with Gasteiger partial charge in [-0.3, -0.25) is 4.90 Å². The maximum atomic E-state index is 6.02. The molecule has 2 aromatic rings. The van der Waals surface area contributed by atoms with Crippen molar-refractivity contribution in [3.05, 3.63) is 29.5 Å². The third-order valence-corrected chi connectivity index (χ3v) is 4.39. The molecule has 1 N–H and O–H groups in total. The Morgan fingerprint density at radius 1 is 1.27 bits per heavy atom. The van der Waals surface area contributed by atoms with E-state index in [0.717, 1.165) is 49.6 Å². The average Bonchev–Trinajstić information content (AvgIpc) is 2.53. The molecule has 1 aliphatic rings. The molecule has 1 aromatic carbocycles. The van der Waals surface area contributed by atoms with Crippen LogP contribution in [-0.4, -0.2) is 53.3 Å². The second-order valence-corrected chi connectivity index (χ2v) is 6.59. The minimum absolute atomic E-state index is 0.0352. The van der Waals surface area contributed by atoms with Crippen LogP contribution in [0.3, 0.4) is 0 Å². The molecule has 118 valence electrons. The number of nitrogens with zero attached hydrogens (tertiary/aromatic N) is 3. The molecule has 0 aliphatic carbocycles. The Morgan fingerprint density at radius 2 is 2.05 bits per heavy atom. The van der Waals surface area contributed by atoms with Crippen LogP contribution in [0.25, 0.3) is 10.9 Å². The summed E-state index contributed by atoms with van der Waals surface area (Å²) in [5.74, 6) is 0.850. The first-order chi connectivity index (χ1) is 10.6. The first-order valence-electron chi connectivity index (χ1n) is 7.53. The van der Waals surface area contributed by atoms with Crippen LogP contribution in [-0.2, 0) is 4.74 Å². The summed E-state index contributed by atoms with van der Waals surface area (Å²) in [7, 11) is 0. The average molecular weight is 321 g/mol. The van der Waals surface area contributed by atoms with Crippen molar-refractivity contribution in [1.29, 1.82) is 0 Å². The van der Waals surface area contributed by atoms with Gasteiger partial charge in [0.15, 0.2) is 0 Å². The number of anilines is 1. The van der Waals surface area contributed by atoms with E-state index < -0.39 is 0 Å². The largest absolute Gasteiger partial charge is 0.379 e. The lowest BCUT2D eigenvalue weighted by Crippen LogP contribution is -2.53. The number of nitrogens with one attached hydrogen (secondary N) is 1. The summed E-state index contributed by atoms with van der Waals surface area (Å²) in [6.45, 7) is 8.83. The van der Waals surface area contributed by atoms with Crippen LogP contribution in [0.5, 0.6) is 0 Å². The van der Waals surface area contributed by atoms with Crippen LogP contribution in [0.15, 0.2) is 24.5 Å². The number of ether oxygens (including phenoxy) is 1. The Bertz CT molecular complexity index is 656. The third kappa shape index (κ3) is 3.32. The van der Waals surface area contributed by atoms with E-state index in [1.807, 2.05) is 18.2 Å². The summed E-state index contributed by atoms with van der Waals surface area (Å²) in [4.78, 5) is 11.1. The topological polar surface area (TPSA) is 50.3 Å². The summed E-state index contributed by atoms with van der Waals surface area (Å²) < 4.78 is 5.43. The Morgan fingerprint density at radius 3 is 2.82 bits per heavy atom. The molecule has 0 bridgehead atoms. The van der Waals surface area contributed by atoms with Gasteiger partial charge >= 0.3 is 0 Å². The fraction of sp³-hybridized carbons (Fsp3) is 0.500. The number of hydrogen-bond acceptors (Lipinski definition) is 5. The van der Waals surface area contributed by atoms with E-state index in [4.69, 9.17) is 16.3 Å². The van der Waals surface area contributed by atoms with Crippen LogP contribution in [0.1, 0.15) is 13.8 Å². The van der Waals surface area contributed by atoms with Crippen LogP contribution in [0.4, 0.5) is 5.82 Å². The van der Waals surface area contributed by atoms with Crippen molar-refractivity contribution in [1.82, 2.24) is 14.9 Å². The SMILES string of the molecule is CC(C)(CNc1ncnc2cc(Cl)ccc12)N1CCOCC1. The standard InChI is InChI=1S/C16H21ClN4O/c1-16(2,21-5-7-22-8-6-21)10-18-15-13-4-3-12(17)9-14(13)19-11-20-15/h3-4,9,11H,5-8,10H2,1-2H3,(H,18,19,20). The van der Waals surface area contributed by atoms with Gasteiger partial charge in [-0.05, 0) is 32.0 Å². The van der Waals surface area contributed by atoms with Gasteiger partial charge in [0, 0.05) is 35.6 Å². The summed E-state index contributed by atoms with van der Waals surface area (Å²) in [5, 5.41) is 5.14. The van der Waals surface area contributed by atoms with E-state index in [2.05, 4.69) is 34.0 Å². The molecule has 5 nitrogen and oxygen atoms in total. The molecule has 0 amide bonds. The van der Waals surface area contributed by atoms with Crippen molar-refractivity contribution in [3.8, 4) is 0 Å². The number of benzene rings is 1. The lowest BCUT2D eigenvalue weighted by atomic mass is 10.0. The van der Waals surface area contributed by atoms with Crippen molar-refractivity contribution < 1.29 is 4.74 Å². The zero-order chi connectivity index (χ0) is 15.6. The van der Waals surface area contributed by atoms with Gasteiger partial charge in [-0.2, -0.15) is 0 Å². The molecule has 2 heterocycles. The summed E-state index contributed by atoms with van der Waals surface area (Å²) in [6.07, 6.45) is 1.57. The minimum atomic E-state index is 0.0352. The Kier molecular flexibility index (Phi) is 4.47. The summed E-state index contributed by atoms with van der Waals surface area (Å²) >= 11 is 6.02. The minimum Gasteiger partial charge on any atom is -0.379 e. The maximum absolute atomic E-state index is 6.02. The lowest BCUT2D eigenvalue weighted by Gasteiger charge is -2.41. The highest BCUT2D eigenvalue weighted by molar-refractivity contribution is 6.31. The smallest absolute Gasteiger partial charge is 0.137 e. The fourth-order valence-electron chi connectivity index (χ4n) is 2.75. The Balaban J connectivity index is 1.75. The van der Waals surface area contributed by atoms with E-state index >= 15 is 0 Å². The van der Waals surface area contributed by atoms with Crippen LogP contribution in [0, 0.1) is 0 Å². The van der Waals surface area contributed by atoms with Crippen LogP contribution in [0.2, 0.25) is 5.02 Å². The van der Waals surface area contributed by atoms with E-state index in [0.29, 0.717) is 5.02 Å². The molecule has 0 saturated carbocycles. The van der Waals surface area contributed by atoms with Crippen molar-refractivity contribution in [2.45, 2.75) is 19.4 Å². The normalized spacial score (nSPS) is 16.9. The zero-order valence-corrected chi connectivity index (χ0v) is 13.7. The quantitative estimate of drug-likeness (QED) is 0.938. The zero-order valence-electron chi connectivity index (χ0n) is 13.0. The van der Waals surface area contributed by atoms with Gasteiger partial charge in [0.05, 0.1) is 18.7 Å². The van der Waals surface area contributed by atoms with E-state index in [1.165, 1.54) is 0 Å². The monoisotopic (exact) mass is 320 g/mol. The molecule has 0 atom stereocenters. The van der Waals surface area contributed by atoms with Crippen molar-refractivity contribution in [2.75, 3.05) is 38.2 Å². The summed E-state index contributed by atoms with van der Waals surface area (Å²) in [5.41, 5.74) is 0.891. The lowest BCUT2D eigenvalue weighted by molar-refractivity contribution is -0.00569. The Labute approximate surface area is 135 Å². The van der Waals surface area contributed by atoms with E-state index in [1.54, 1.807) is 6.33 Å². The van der Waals surface area contributed by atoms with Gasteiger partial charge in [0.1, 0.15) is 12.1 Å². The third-order valence-electron chi connectivity index (χ3n) is 4.15. The maximum Gasteiger partial charge on any atom is 0.137 e. The highest BCUT2D eigenvalue weighted by atomic mass is 35.5. The number of aromatic nitrogens is 2. The Hall–Kier alpha value is -1.43. The molecule has 0 spiro atoms. The molecule has 1 saturated heterocycles. The van der Waals surface area contributed by atoms with Gasteiger partial charge in [0.2, 0.25) is 0 Å². The van der Waals surface area contributed by atoms with Gasteiger partial charge in [-0.1, -0.05) is 11.6 Å². The number of fused-ring (bicyclic) bond motifs is 1. The molecule has 22 heavy (non-hydrogen) atoms. The van der Waals surface area contributed by atoms with Crippen LogP contribution >= 0.6 is 11.6 Å². The number of morpholine rings is 1. The molecule has 0 radical (unpaired) electrons. The van der Waals surface area contributed by atoms with E-state index in [9.17, 15) is 0 Å². The van der Waals surface area contributed by atoms with Gasteiger partial charge in [-0.15, -0.1) is 0 Å². The number of rotatable bonds is 4. The molecule has 3 rings (SSSR count). The van der Waals surface area contributed by atoms with Gasteiger partial charge < -0.3 is 10.1 Å². The van der Waals surface area contributed by atoms with Gasteiger partial charge in [0.25, 0.3) is 0 Å². The highest BCUT2D eigenvalue weighted by Gasteiger charge is 2.28. The molecule has 0 unspecified atom stereocenters. The summed E-state index contributed by atoms with van der Waals surface area (Å²) in [6, 6.07) is 5.68. The second-order valence-electron chi connectivity index (χ2n) is 6.15.